The van der Waals surface area contributed by atoms with Crippen LogP contribution in [0.5, 0.6) is 0 Å². The van der Waals surface area contributed by atoms with E-state index in [1.807, 2.05) is 6.92 Å². The Morgan fingerprint density at radius 1 is 1.67 bits per heavy atom. The predicted molar refractivity (Wildman–Crippen MR) is 67.1 cm³/mol. The molecule has 2 heterocycles. The van der Waals surface area contributed by atoms with E-state index in [0.29, 0.717) is 5.92 Å². The second-order valence-corrected chi connectivity index (χ2v) is 6.78. The van der Waals surface area contributed by atoms with Gasteiger partial charge in [0.1, 0.15) is 0 Å². The Hall–Kier alpha value is 0.1000. The molecule has 0 bridgehead atoms. The molecule has 0 spiro atoms. The minimum atomic E-state index is -0.162. The van der Waals surface area contributed by atoms with Gasteiger partial charge < -0.3 is 5.11 Å². The zero-order valence-corrected chi connectivity index (χ0v) is 11.2. The van der Waals surface area contributed by atoms with Crippen molar-refractivity contribution < 1.29 is 5.11 Å². The van der Waals surface area contributed by atoms with Crippen LogP contribution in [0, 0.1) is 5.92 Å². The lowest BCUT2D eigenvalue weighted by molar-refractivity contribution is 0.127. The molecule has 1 N–H and O–H groups in total. The third-order valence-corrected chi connectivity index (χ3v) is 4.61. The number of thiophene rings is 1. The average molecular weight is 290 g/mol. The Labute approximate surface area is 103 Å². The van der Waals surface area contributed by atoms with Gasteiger partial charge in [-0.3, -0.25) is 4.90 Å². The molecule has 2 rings (SSSR count). The second-order valence-electron chi connectivity index (χ2n) is 4.23. The summed E-state index contributed by atoms with van der Waals surface area (Å²) in [6.45, 7) is 5.08. The van der Waals surface area contributed by atoms with Crippen molar-refractivity contribution in [2.24, 2.45) is 5.92 Å². The lowest BCUT2D eigenvalue weighted by atomic mass is 10.0. The molecule has 2 unspecified atom stereocenters. The Bertz CT molecular complexity index is 326. The van der Waals surface area contributed by atoms with E-state index in [9.17, 15) is 5.11 Å². The van der Waals surface area contributed by atoms with Gasteiger partial charge in [-0.05, 0) is 53.9 Å². The summed E-state index contributed by atoms with van der Waals surface area (Å²) in [5.41, 5.74) is 0. The number of hydrogen-bond acceptors (Lipinski definition) is 3. The molecular formula is C11H16BrNOS. The van der Waals surface area contributed by atoms with E-state index >= 15 is 0 Å². The highest BCUT2D eigenvalue weighted by Crippen LogP contribution is 2.26. The third-order valence-electron chi connectivity index (χ3n) is 3.00. The maximum Gasteiger partial charge on any atom is 0.0701 e. The Morgan fingerprint density at radius 3 is 3.00 bits per heavy atom. The molecule has 2 atom stereocenters. The van der Waals surface area contributed by atoms with Crippen LogP contribution in [0.3, 0.4) is 0 Å². The van der Waals surface area contributed by atoms with Crippen LogP contribution >= 0.6 is 27.3 Å². The molecule has 84 valence electrons. The minimum absolute atomic E-state index is 0.162. The fourth-order valence-electron chi connectivity index (χ4n) is 2.06. The van der Waals surface area contributed by atoms with Crippen LogP contribution in [0.4, 0.5) is 0 Å². The minimum Gasteiger partial charge on any atom is -0.393 e. The summed E-state index contributed by atoms with van der Waals surface area (Å²) in [5.74, 6) is 0.466. The van der Waals surface area contributed by atoms with Crippen molar-refractivity contribution in [3.63, 3.8) is 0 Å². The van der Waals surface area contributed by atoms with Gasteiger partial charge in [0, 0.05) is 18.0 Å². The molecule has 1 saturated heterocycles. The standard InChI is InChI=1S/C11H16BrNOS/c1-8(14)9-4-5-13(6-9)7-10-2-3-11(12)15-10/h2-3,8-9,14H,4-7H2,1H3. The van der Waals surface area contributed by atoms with E-state index in [1.54, 1.807) is 11.3 Å². The second kappa shape index (κ2) is 4.95. The number of aliphatic hydroxyl groups excluding tert-OH is 1. The van der Waals surface area contributed by atoms with Crippen LogP contribution in [-0.2, 0) is 6.54 Å². The number of hydrogen-bond donors (Lipinski definition) is 1. The molecular weight excluding hydrogens is 274 g/mol. The number of halogens is 1. The van der Waals surface area contributed by atoms with Gasteiger partial charge in [-0.2, -0.15) is 0 Å². The summed E-state index contributed by atoms with van der Waals surface area (Å²) in [7, 11) is 0. The molecule has 15 heavy (non-hydrogen) atoms. The third kappa shape index (κ3) is 3.03. The molecule has 1 aliphatic rings. The van der Waals surface area contributed by atoms with Gasteiger partial charge in [0.2, 0.25) is 0 Å². The van der Waals surface area contributed by atoms with E-state index < -0.39 is 0 Å². The van der Waals surface area contributed by atoms with E-state index in [0.717, 1.165) is 26.1 Å². The SMILES string of the molecule is CC(O)C1CCN(Cc2ccc(Br)s2)C1. The highest BCUT2D eigenvalue weighted by Gasteiger charge is 2.25. The van der Waals surface area contributed by atoms with Crippen LogP contribution in [0.15, 0.2) is 15.9 Å². The van der Waals surface area contributed by atoms with Crippen LogP contribution in [0.25, 0.3) is 0 Å². The fraction of sp³-hybridized carbons (Fsp3) is 0.636. The molecule has 1 aliphatic heterocycles. The lowest BCUT2D eigenvalue weighted by Crippen LogP contribution is -2.23. The molecule has 0 aliphatic carbocycles. The van der Waals surface area contributed by atoms with Crippen molar-refractivity contribution in [3.05, 3.63) is 20.8 Å². The molecule has 0 amide bonds. The van der Waals surface area contributed by atoms with Gasteiger partial charge in [0.05, 0.1) is 9.89 Å². The summed E-state index contributed by atoms with van der Waals surface area (Å²) in [4.78, 5) is 3.82. The maximum absolute atomic E-state index is 9.51. The normalized spacial score (nSPS) is 24.6. The zero-order chi connectivity index (χ0) is 10.8. The first-order valence-electron chi connectivity index (χ1n) is 5.30. The molecule has 0 saturated carbocycles. The molecule has 0 aromatic carbocycles. The van der Waals surface area contributed by atoms with Crippen LogP contribution in [0.1, 0.15) is 18.2 Å². The highest BCUT2D eigenvalue weighted by molar-refractivity contribution is 9.11. The fourth-order valence-corrected chi connectivity index (χ4v) is 3.58. The van der Waals surface area contributed by atoms with Crippen molar-refractivity contribution in [3.8, 4) is 0 Å². The number of nitrogens with zero attached hydrogens (tertiary/aromatic N) is 1. The zero-order valence-electron chi connectivity index (χ0n) is 8.82. The smallest absolute Gasteiger partial charge is 0.0701 e. The van der Waals surface area contributed by atoms with Gasteiger partial charge >= 0.3 is 0 Å². The first kappa shape index (κ1) is 11.6. The number of likely N-dealkylation sites (tertiary alicyclic amines) is 1. The lowest BCUT2D eigenvalue weighted by Gasteiger charge is -2.16. The van der Waals surface area contributed by atoms with E-state index in [-0.39, 0.29) is 6.10 Å². The predicted octanol–water partition coefficient (Wildman–Crippen LogP) is 2.71. The molecule has 2 nitrogen and oxygen atoms in total. The Kier molecular flexibility index (Phi) is 3.83. The van der Waals surface area contributed by atoms with E-state index in [2.05, 4.69) is 33.0 Å². The molecule has 1 aromatic rings. The van der Waals surface area contributed by atoms with Crippen molar-refractivity contribution >= 4 is 27.3 Å². The molecule has 1 aromatic heterocycles. The van der Waals surface area contributed by atoms with Gasteiger partial charge in [-0.1, -0.05) is 0 Å². The Morgan fingerprint density at radius 2 is 2.47 bits per heavy atom. The number of aliphatic hydroxyl groups is 1. The van der Waals surface area contributed by atoms with Gasteiger partial charge in [-0.15, -0.1) is 11.3 Å². The van der Waals surface area contributed by atoms with Crippen molar-refractivity contribution in [1.29, 1.82) is 0 Å². The van der Waals surface area contributed by atoms with Gasteiger partial charge in [0.25, 0.3) is 0 Å². The molecule has 4 heteroatoms. The van der Waals surface area contributed by atoms with Crippen molar-refractivity contribution in [2.45, 2.75) is 26.0 Å². The molecule has 0 radical (unpaired) electrons. The van der Waals surface area contributed by atoms with Crippen LogP contribution in [-0.4, -0.2) is 29.2 Å². The summed E-state index contributed by atoms with van der Waals surface area (Å²) >= 11 is 5.27. The van der Waals surface area contributed by atoms with E-state index in [1.165, 1.54) is 8.66 Å². The molecule has 1 fully saturated rings. The summed E-state index contributed by atoms with van der Waals surface area (Å²) in [6.07, 6.45) is 0.967. The summed E-state index contributed by atoms with van der Waals surface area (Å²) < 4.78 is 1.20. The largest absolute Gasteiger partial charge is 0.393 e. The van der Waals surface area contributed by atoms with Crippen LogP contribution < -0.4 is 0 Å². The highest BCUT2D eigenvalue weighted by atomic mass is 79.9. The first-order chi connectivity index (χ1) is 7.15. The van der Waals surface area contributed by atoms with Gasteiger partial charge in [-0.25, -0.2) is 0 Å². The van der Waals surface area contributed by atoms with Crippen molar-refractivity contribution in [1.82, 2.24) is 4.90 Å². The maximum atomic E-state index is 9.51. The quantitative estimate of drug-likeness (QED) is 0.925. The Balaban J connectivity index is 1.87. The average Bonchev–Trinajstić information content (AvgIpc) is 2.76. The first-order valence-corrected chi connectivity index (χ1v) is 6.91. The van der Waals surface area contributed by atoms with Gasteiger partial charge in [0.15, 0.2) is 0 Å². The number of rotatable bonds is 3. The van der Waals surface area contributed by atoms with Crippen LogP contribution in [0.2, 0.25) is 0 Å². The topological polar surface area (TPSA) is 23.5 Å². The monoisotopic (exact) mass is 289 g/mol. The summed E-state index contributed by atoms with van der Waals surface area (Å²) in [6, 6.07) is 4.27. The van der Waals surface area contributed by atoms with Crippen molar-refractivity contribution in [2.75, 3.05) is 13.1 Å². The summed E-state index contributed by atoms with van der Waals surface area (Å²) in [5, 5.41) is 9.51. The van der Waals surface area contributed by atoms with E-state index in [4.69, 9.17) is 0 Å².